The summed E-state index contributed by atoms with van der Waals surface area (Å²) in [5.41, 5.74) is 2.99. The standard InChI is InChI=1S/C18H27NO2/c20-12-5-11-19(14-16-7-3-4-13-21-16)18-10-9-15-6-1-2-8-17(15)18/h1-2,6,8,16,18,20H,3-5,7,9-14H2. The smallest absolute Gasteiger partial charge is 0.0702 e. The molecule has 116 valence electrons. The van der Waals surface area contributed by atoms with E-state index >= 15 is 0 Å². The highest BCUT2D eigenvalue weighted by Gasteiger charge is 2.29. The van der Waals surface area contributed by atoms with Gasteiger partial charge in [-0.05, 0) is 49.7 Å². The molecule has 3 rings (SSSR count). The summed E-state index contributed by atoms with van der Waals surface area (Å²) in [6.07, 6.45) is 7.30. The Hall–Kier alpha value is -0.900. The van der Waals surface area contributed by atoms with Gasteiger partial charge in [0.2, 0.25) is 0 Å². The van der Waals surface area contributed by atoms with Gasteiger partial charge in [-0.1, -0.05) is 24.3 Å². The van der Waals surface area contributed by atoms with E-state index in [1.54, 1.807) is 0 Å². The SMILES string of the molecule is OCCCN(CC1CCCCO1)C1CCc2ccccc21. The molecule has 0 spiro atoms. The summed E-state index contributed by atoms with van der Waals surface area (Å²) in [5.74, 6) is 0. The Morgan fingerprint density at radius 3 is 2.90 bits per heavy atom. The first-order chi connectivity index (χ1) is 10.4. The van der Waals surface area contributed by atoms with Gasteiger partial charge in [-0.25, -0.2) is 0 Å². The topological polar surface area (TPSA) is 32.7 Å². The minimum absolute atomic E-state index is 0.274. The van der Waals surface area contributed by atoms with Crippen LogP contribution in [0.25, 0.3) is 0 Å². The van der Waals surface area contributed by atoms with Gasteiger partial charge in [0.25, 0.3) is 0 Å². The Kier molecular flexibility index (Phi) is 5.28. The lowest BCUT2D eigenvalue weighted by Crippen LogP contribution is -2.38. The molecule has 2 aliphatic rings. The van der Waals surface area contributed by atoms with Crippen LogP contribution in [-0.2, 0) is 11.2 Å². The molecule has 1 fully saturated rings. The van der Waals surface area contributed by atoms with Crippen molar-refractivity contribution in [2.75, 3.05) is 26.3 Å². The maximum atomic E-state index is 9.20. The van der Waals surface area contributed by atoms with Crippen molar-refractivity contribution in [3.8, 4) is 0 Å². The summed E-state index contributed by atoms with van der Waals surface area (Å²) in [5, 5.41) is 9.20. The lowest BCUT2D eigenvalue weighted by molar-refractivity contribution is -0.0150. The highest BCUT2D eigenvalue weighted by Crippen LogP contribution is 2.36. The zero-order valence-corrected chi connectivity index (χ0v) is 12.8. The fraction of sp³-hybridized carbons (Fsp3) is 0.667. The lowest BCUT2D eigenvalue weighted by atomic mass is 10.0. The van der Waals surface area contributed by atoms with Crippen LogP contribution in [0.3, 0.4) is 0 Å². The molecule has 1 N–H and O–H groups in total. The maximum Gasteiger partial charge on any atom is 0.0702 e. The second kappa shape index (κ2) is 7.39. The molecule has 1 aromatic carbocycles. The molecule has 1 heterocycles. The lowest BCUT2D eigenvalue weighted by Gasteiger charge is -2.34. The number of aliphatic hydroxyl groups excluding tert-OH is 1. The van der Waals surface area contributed by atoms with Gasteiger partial charge in [-0.15, -0.1) is 0 Å². The number of hydrogen-bond donors (Lipinski definition) is 1. The number of aryl methyl sites for hydroxylation is 1. The van der Waals surface area contributed by atoms with E-state index in [1.807, 2.05) is 0 Å². The Morgan fingerprint density at radius 1 is 1.19 bits per heavy atom. The van der Waals surface area contributed by atoms with Crippen LogP contribution in [0.5, 0.6) is 0 Å². The van der Waals surface area contributed by atoms with Crippen LogP contribution in [0.4, 0.5) is 0 Å². The number of benzene rings is 1. The fourth-order valence-electron chi connectivity index (χ4n) is 3.78. The van der Waals surface area contributed by atoms with Crippen molar-refractivity contribution in [1.82, 2.24) is 4.90 Å². The number of fused-ring (bicyclic) bond motifs is 1. The molecule has 1 aromatic rings. The molecule has 1 aliphatic heterocycles. The van der Waals surface area contributed by atoms with Crippen molar-refractivity contribution in [2.45, 2.75) is 50.7 Å². The molecule has 3 heteroatoms. The van der Waals surface area contributed by atoms with E-state index in [-0.39, 0.29) is 6.61 Å². The molecule has 0 radical (unpaired) electrons. The van der Waals surface area contributed by atoms with Gasteiger partial charge in [0.15, 0.2) is 0 Å². The van der Waals surface area contributed by atoms with Gasteiger partial charge in [0, 0.05) is 32.3 Å². The third-order valence-electron chi connectivity index (χ3n) is 4.86. The average Bonchev–Trinajstić information content (AvgIpc) is 2.96. The first-order valence-corrected chi connectivity index (χ1v) is 8.43. The molecule has 0 amide bonds. The zero-order chi connectivity index (χ0) is 14.5. The molecule has 1 saturated heterocycles. The molecule has 21 heavy (non-hydrogen) atoms. The molecule has 1 aliphatic carbocycles. The Bertz CT molecular complexity index is 443. The van der Waals surface area contributed by atoms with E-state index in [0.717, 1.165) is 26.1 Å². The van der Waals surface area contributed by atoms with Gasteiger partial charge in [-0.2, -0.15) is 0 Å². The van der Waals surface area contributed by atoms with E-state index < -0.39 is 0 Å². The predicted molar refractivity (Wildman–Crippen MR) is 84.4 cm³/mol. The summed E-state index contributed by atoms with van der Waals surface area (Å²) in [6.45, 7) is 3.17. The average molecular weight is 289 g/mol. The number of hydrogen-bond acceptors (Lipinski definition) is 3. The van der Waals surface area contributed by atoms with Gasteiger partial charge in [0.1, 0.15) is 0 Å². The van der Waals surface area contributed by atoms with Crippen LogP contribution in [0.15, 0.2) is 24.3 Å². The molecule has 3 nitrogen and oxygen atoms in total. The molecular weight excluding hydrogens is 262 g/mol. The monoisotopic (exact) mass is 289 g/mol. The number of rotatable bonds is 6. The van der Waals surface area contributed by atoms with Crippen molar-refractivity contribution in [3.63, 3.8) is 0 Å². The van der Waals surface area contributed by atoms with Gasteiger partial charge in [0.05, 0.1) is 6.10 Å². The van der Waals surface area contributed by atoms with Gasteiger partial charge in [-0.3, -0.25) is 4.90 Å². The Morgan fingerprint density at radius 2 is 2.10 bits per heavy atom. The summed E-state index contributed by atoms with van der Waals surface area (Å²) < 4.78 is 5.93. The summed E-state index contributed by atoms with van der Waals surface area (Å²) in [4.78, 5) is 2.55. The van der Waals surface area contributed by atoms with Crippen molar-refractivity contribution in [1.29, 1.82) is 0 Å². The van der Waals surface area contributed by atoms with Gasteiger partial charge < -0.3 is 9.84 Å². The molecule has 0 aromatic heterocycles. The largest absolute Gasteiger partial charge is 0.396 e. The minimum atomic E-state index is 0.274. The molecule has 0 bridgehead atoms. The van der Waals surface area contributed by atoms with E-state index in [0.29, 0.717) is 12.1 Å². The highest BCUT2D eigenvalue weighted by atomic mass is 16.5. The van der Waals surface area contributed by atoms with Crippen molar-refractivity contribution >= 4 is 0 Å². The number of aliphatic hydroxyl groups is 1. The summed E-state index contributed by atoms with van der Waals surface area (Å²) >= 11 is 0. The highest BCUT2D eigenvalue weighted by molar-refractivity contribution is 5.34. The fourth-order valence-corrected chi connectivity index (χ4v) is 3.78. The Balaban J connectivity index is 1.70. The Labute approximate surface area is 127 Å². The van der Waals surface area contributed by atoms with Gasteiger partial charge >= 0.3 is 0 Å². The normalized spacial score (nSPS) is 25.2. The van der Waals surface area contributed by atoms with Crippen molar-refractivity contribution < 1.29 is 9.84 Å². The first kappa shape index (κ1) is 15.0. The van der Waals surface area contributed by atoms with Crippen LogP contribution in [-0.4, -0.2) is 42.4 Å². The molecular formula is C18H27NO2. The second-order valence-electron chi connectivity index (χ2n) is 6.31. The van der Waals surface area contributed by atoms with Crippen molar-refractivity contribution in [3.05, 3.63) is 35.4 Å². The second-order valence-corrected chi connectivity index (χ2v) is 6.31. The third-order valence-corrected chi connectivity index (χ3v) is 4.86. The quantitative estimate of drug-likeness (QED) is 0.874. The minimum Gasteiger partial charge on any atom is -0.396 e. The van der Waals surface area contributed by atoms with E-state index in [4.69, 9.17) is 4.74 Å². The number of nitrogens with zero attached hydrogens (tertiary/aromatic N) is 1. The molecule has 0 saturated carbocycles. The first-order valence-electron chi connectivity index (χ1n) is 8.43. The maximum absolute atomic E-state index is 9.20. The number of ether oxygens (including phenoxy) is 1. The summed E-state index contributed by atoms with van der Waals surface area (Å²) in [7, 11) is 0. The van der Waals surface area contributed by atoms with Crippen LogP contribution in [0.1, 0.15) is 49.3 Å². The van der Waals surface area contributed by atoms with E-state index in [2.05, 4.69) is 29.2 Å². The molecule has 2 atom stereocenters. The third kappa shape index (κ3) is 3.65. The van der Waals surface area contributed by atoms with Crippen molar-refractivity contribution in [2.24, 2.45) is 0 Å². The van der Waals surface area contributed by atoms with Crippen LogP contribution >= 0.6 is 0 Å². The molecule has 2 unspecified atom stereocenters. The summed E-state index contributed by atoms with van der Waals surface area (Å²) in [6, 6.07) is 9.34. The van der Waals surface area contributed by atoms with Crippen LogP contribution in [0.2, 0.25) is 0 Å². The van der Waals surface area contributed by atoms with Crippen LogP contribution in [0, 0.1) is 0 Å². The predicted octanol–water partition coefficient (Wildman–Crippen LogP) is 2.93. The van der Waals surface area contributed by atoms with E-state index in [9.17, 15) is 5.11 Å². The zero-order valence-electron chi connectivity index (χ0n) is 12.8. The van der Waals surface area contributed by atoms with E-state index in [1.165, 1.54) is 43.2 Å². The van der Waals surface area contributed by atoms with Crippen LogP contribution < -0.4 is 0 Å².